The molecule has 74 valence electrons. The molecule has 1 N–H and O–H groups in total. The topological polar surface area (TPSA) is 55.2 Å². The van der Waals surface area contributed by atoms with E-state index in [1.165, 1.54) is 11.5 Å². The van der Waals surface area contributed by atoms with Crippen LogP contribution < -0.4 is 0 Å². The van der Waals surface area contributed by atoms with Crippen LogP contribution in [0.25, 0.3) is 0 Å². The Morgan fingerprint density at radius 3 is 3.00 bits per heavy atom. The number of hydrogen-bond acceptors (Lipinski definition) is 6. The number of ether oxygens (including phenoxy) is 1. The fourth-order valence-corrected chi connectivity index (χ4v) is 2.26. The lowest BCUT2D eigenvalue weighted by molar-refractivity contribution is 0.103. The third-order valence-electron chi connectivity index (χ3n) is 1.20. The lowest BCUT2D eigenvalue weighted by Gasteiger charge is -1.98. The molecule has 0 atom stereocenters. The highest BCUT2D eigenvalue weighted by Crippen LogP contribution is 2.19. The van der Waals surface area contributed by atoms with E-state index >= 15 is 0 Å². The highest BCUT2D eigenvalue weighted by molar-refractivity contribution is 8.00. The normalized spacial score (nSPS) is 10.6. The molecule has 6 heteroatoms. The first-order chi connectivity index (χ1) is 6.33. The van der Waals surface area contributed by atoms with Crippen LogP contribution in [0.4, 0.5) is 0 Å². The molecule has 1 aromatic rings. The highest BCUT2D eigenvalue weighted by Gasteiger charge is 1.99. The van der Waals surface area contributed by atoms with Crippen LogP contribution in [0.15, 0.2) is 4.34 Å². The molecule has 0 aliphatic rings. The van der Waals surface area contributed by atoms with Gasteiger partial charge in [0.15, 0.2) is 4.34 Å². The van der Waals surface area contributed by atoms with Gasteiger partial charge in [0, 0.05) is 5.75 Å². The van der Waals surface area contributed by atoms with E-state index < -0.39 is 0 Å². The largest absolute Gasteiger partial charge is 0.394 e. The number of hydrogen-bond donors (Lipinski definition) is 1. The Balaban J connectivity index is 2.06. The molecule has 1 aromatic heterocycles. The van der Waals surface area contributed by atoms with E-state index in [1.807, 2.05) is 6.92 Å². The summed E-state index contributed by atoms with van der Waals surface area (Å²) in [6.07, 6.45) is 0. The summed E-state index contributed by atoms with van der Waals surface area (Å²) in [5.41, 5.74) is 0. The molecule has 0 radical (unpaired) electrons. The van der Waals surface area contributed by atoms with Crippen LogP contribution in [-0.2, 0) is 4.74 Å². The van der Waals surface area contributed by atoms with E-state index in [2.05, 4.69) is 9.36 Å². The van der Waals surface area contributed by atoms with Crippen LogP contribution >= 0.6 is 23.3 Å². The van der Waals surface area contributed by atoms with E-state index in [0.717, 1.165) is 15.9 Å². The summed E-state index contributed by atoms with van der Waals surface area (Å²) in [7, 11) is 0. The van der Waals surface area contributed by atoms with Crippen molar-refractivity contribution in [2.75, 3.05) is 25.6 Å². The van der Waals surface area contributed by atoms with Crippen molar-refractivity contribution in [2.45, 2.75) is 11.3 Å². The summed E-state index contributed by atoms with van der Waals surface area (Å²) in [6, 6.07) is 0. The maximum absolute atomic E-state index is 8.43. The van der Waals surface area contributed by atoms with Crippen molar-refractivity contribution in [3.8, 4) is 0 Å². The average Bonchev–Trinajstić information content (AvgIpc) is 2.51. The van der Waals surface area contributed by atoms with Crippen molar-refractivity contribution in [1.82, 2.24) is 9.36 Å². The standard InChI is InChI=1S/C7H12N2O2S2/c1-6-8-7(13-9-6)12-5-4-11-3-2-10/h10H,2-5H2,1H3. The second-order valence-corrected chi connectivity index (χ2v) is 4.39. The van der Waals surface area contributed by atoms with Crippen LogP contribution in [-0.4, -0.2) is 40.0 Å². The van der Waals surface area contributed by atoms with Crippen LogP contribution in [0.2, 0.25) is 0 Å². The summed E-state index contributed by atoms with van der Waals surface area (Å²) in [5.74, 6) is 1.68. The van der Waals surface area contributed by atoms with Gasteiger partial charge in [-0.2, -0.15) is 4.37 Å². The van der Waals surface area contributed by atoms with E-state index in [0.29, 0.717) is 13.2 Å². The third kappa shape index (κ3) is 4.56. The Morgan fingerprint density at radius 1 is 1.54 bits per heavy atom. The number of aliphatic hydroxyl groups excluding tert-OH is 1. The Bertz CT molecular complexity index is 242. The zero-order chi connectivity index (χ0) is 9.52. The summed E-state index contributed by atoms with van der Waals surface area (Å²) >= 11 is 3.04. The lowest BCUT2D eigenvalue weighted by Crippen LogP contribution is -2.02. The summed E-state index contributed by atoms with van der Waals surface area (Å²) in [4.78, 5) is 4.19. The van der Waals surface area contributed by atoms with Crippen LogP contribution in [0, 0.1) is 6.92 Å². The van der Waals surface area contributed by atoms with Crippen LogP contribution in [0.1, 0.15) is 5.82 Å². The second-order valence-electron chi connectivity index (χ2n) is 2.29. The molecule has 0 fully saturated rings. The molecule has 0 saturated heterocycles. The quantitative estimate of drug-likeness (QED) is 0.571. The first-order valence-electron chi connectivity index (χ1n) is 3.94. The average molecular weight is 220 g/mol. The molecular formula is C7H12N2O2S2. The van der Waals surface area contributed by atoms with Gasteiger partial charge in [-0.15, -0.1) is 0 Å². The van der Waals surface area contributed by atoms with E-state index in [4.69, 9.17) is 9.84 Å². The fraction of sp³-hybridized carbons (Fsp3) is 0.714. The van der Waals surface area contributed by atoms with Gasteiger partial charge in [0.05, 0.1) is 19.8 Å². The van der Waals surface area contributed by atoms with Crippen molar-refractivity contribution in [3.05, 3.63) is 5.82 Å². The van der Waals surface area contributed by atoms with Crippen molar-refractivity contribution in [1.29, 1.82) is 0 Å². The Kier molecular flexibility index (Phi) is 5.29. The molecule has 0 bridgehead atoms. The predicted octanol–water partition coefficient (Wildman–Crippen LogP) is 0.948. The second kappa shape index (κ2) is 6.31. The van der Waals surface area contributed by atoms with Crippen LogP contribution in [0.5, 0.6) is 0 Å². The van der Waals surface area contributed by atoms with Crippen molar-refractivity contribution < 1.29 is 9.84 Å². The third-order valence-corrected chi connectivity index (χ3v) is 3.09. The lowest BCUT2D eigenvalue weighted by atomic mass is 10.7. The van der Waals surface area contributed by atoms with Gasteiger partial charge in [-0.25, -0.2) is 4.98 Å². The molecule has 0 aliphatic heterocycles. The van der Waals surface area contributed by atoms with E-state index in [-0.39, 0.29) is 6.61 Å². The zero-order valence-corrected chi connectivity index (χ0v) is 9.03. The number of thioether (sulfide) groups is 1. The fourth-order valence-electron chi connectivity index (χ4n) is 0.691. The molecule has 13 heavy (non-hydrogen) atoms. The minimum atomic E-state index is 0.0859. The van der Waals surface area contributed by atoms with E-state index in [9.17, 15) is 0 Å². The minimum Gasteiger partial charge on any atom is -0.394 e. The van der Waals surface area contributed by atoms with Crippen molar-refractivity contribution >= 4 is 23.3 Å². The van der Waals surface area contributed by atoms with Gasteiger partial charge in [-0.05, 0) is 18.5 Å². The van der Waals surface area contributed by atoms with Gasteiger partial charge in [0.25, 0.3) is 0 Å². The molecule has 1 rings (SSSR count). The minimum absolute atomic E-state index is 0.0859. The van der Waals surface area contributed by atoms with Gasteiger partial charge in [0.1, 0.15) is 5.82 Å². The van der Waals surface area contributed by atoms with E-state index in [1.54, 1.807) is 11.8 Å². The molecular weight excluding hydrogens is 208 g/mol. The zero-order valence-electron chi connectivity index (χ0n) is 7.39. The van der Waals surface area contributed by atoms with Gasteiger partial charge >= 0.3 is 0 Å². The first-order valence-corrected chi connectivity index (χ1v) is 5.70. The molecule has 0 aliphatic carbocycles. The summed E-state index contributed by atoms with van der Waals surface area (Å²) < 4.78 is 10.1. The summed E-state index contributed by atoms with van der Waals surface area (Å²) in [5, 5.41) is 8.43. The molecule has 0 spiro atoms. The molecule has 0 saturated carbocycles. The monoisotopic (exact) mass is 220 g/mol. The molecule has 1 heterocycles. The number of aryl methyl sites for hydroxylation is 1. The van der Waals surface area contributed by atoms with Crippen LogP contribution in [0.3, 0.4) is 0 Å². The van der Waals surface area contributed by atoms with Crippen molar-refractivity contribution in [3.63, 3.8) is 0 Å². The number of nitrogens with zero attached hydrogens (tertiary/aromatic N) is 2. The Hall–Kier alpha value is -0.170. The predicted molar refractivity (Wildman–Crippen MR) is 53.3 cm³/mol. The van der Waals surface area contributed by atoms with Crippen molar-refractivity contribution in [2.24, 2.45) is 0 Å². The van der Waals surface area contributed by atoms with Gasteiger partial charge in [0.2, 0.25) is 0 Å². The first kappa shape index (κ1) is 10.9. The number of rotatable bonds is 6. The molecule has 0 unspecified atom stereocenters. The summed E-state index contributed by atoms with van der Waals surface area (Å²) in [6.45, 7) is 3.02. The van der Waals surface area contributed by atoms with Gasteiger partial charge in [-0.1, -0.05) is 11.8 Å². The van der Waals surface area contributed by atoms with Gasteiger partial charge < -0.3 is 9.84 Å². The maximum Gasteiger partial charge on any atom is 0.170 e. The number of aromatic nitrogens is 2. The Morgan fingerprint density at radius 2 is 2.38 bits per heavy atom. The maximum atomic E-state index is 8.43. The highest BCUT2D eigenvalue weighted by atomic mass is 32.2. The molecule has 0 amide bonds. The van der Waals surface area contributed by atoms with Gasteiger partial charge in [-0.3, -0.25) is 0 Å². The molecule has 4 nitrogen and oxygen atoms in total. The molecule has 0 aromatic carbocycles. The SMILES string of the molecule is Cc1nsc(SCCOCCO)n1. The number of aliphatic hydroxyl groups is 1. The smallest absolute Gasteiger partial charge is 0.170 e. The Labute approximate surface area is 85.5 Å².